The molecule has 0 aromatic heterocycles. The van der Waals surface area contributed by atoms with E-state index in [1.54, 1.807) is 19.2 Å². The molecule has 0 aromatic rings. The van der Waals surface area contributed by atoms with E-state index in [0.29, 0.717) is 13.0 Å². The molecule has 90 valence electrons. The van der Waals surface area contributed by atoms with Gasteiger partial charge in [-0.15, -0.1) is 0 Å². The lowest BCUT2D eigenvalue weighted by Gasteiger charge is -2.26. The molecule has 1 atom stereocenters. The number of allylic oxidation sites excluding steroid dienone is 1. The second-order valence-electron chi connectivity index (χ2n) is 3.81. The zero-order valence-electron chi connectivity index (χ0n) is 8.75. The van der Waals surface area contributed by atoms with Crippen LogP contribution >= 0.6 is 34.8 Å². The fourth-order valence-electron chi connectivity index (χ4n) is 1.55. The minimum atomic E-state index is -1.91. The van der Waals surface area contributed by atoms with Gasteiger partial charge in [-0.2, -0.15) is 0 Å². The molecule has 1 unspecified atom stereocenters. The maximum atomic E-state index is 11.5. The van der Waals surface area contributed by atoms with E-state index < -0.39 is 9.70 Å². The molecular weight excluding hydrogens is 272 g/mol. The maximum Gasteiger partial charge on any atom is 0.274 e. The van der Waals surface area contributed by atoms with Crippen molar-refractivity contribution in [3.8, 4) is 0 Å². The molecule has 0 heterocycles. The summed E-state index contributed by atoms with van der Waals surface area (Å²) in [4.78, 5) is 23.9. The number of halogens is 3. The van der Waals surface area contributed by atoms with E-state index in [1.165, 1.54) is 4.90 Å². The second-order valence-corrected chi connectivity index (χ2v) is 6.09. The van der Waals surface area contributed by atoms with Crippen LogP contribution in [0, 0.1) is 5.92 Å². The van der Waals surface area contributed by atoms with Crippen molar-refractivity contribution in [3.05, 3.63) is 12.2 Å². The van der Waals surface area contributed by atoms with Gasteiger partial charge in [0.05, 0.1) is 0 Å². The summed E-state index contributed by atoms with van der Waals surface area (Å²) in [5, 5.41) is 0. The number of ketones is 1. The van der Waals surface area contributed by atoms with Crippen molar-refractivity contribution in [1.29, 1.82) is 0 Å². The standard InChI is InChI=1S/C10H12Cl3NO2/c1-14(9(16)10(11,12)13)6-7-2-4-8(15)5-3-7/h2,4,7H,3,5-6H2,1H3. The Morgan fingerprint density at radius 2 is 2.19 bits per heavy atom. The number of nitrogens with zero attached hydrogens (tertiary/aromatic N) is 1. The lowest BCUT2D eigenvalue weighted by atomic mass is 9.95. The van der Waals surface area contributed by atoms with Gasteiger partial charge in [-0.1, -0.05) is 40.9 Å². The first-order valence-corrected chi connectivity index (χ1v) is 5.97. The Balaban J connectivity index is 2.52. The minimum Gasteiger partial charge on any atom is -0.341 e. The summed E-state index contributed by atoms with van der Waals surface area (Å²) in [6.07, 6.45) is 4.58. The summed E-state index contributed by atoms with van der Waals surface area (Å²) in [7, 11) is 1.58. The third kappa shape index (κ3) is 3.96. The van der Waals surface area contributed by atoms with Crippen LogP contribution in [0.2, 0.25) is 0 Å². The van der Waals surface area contributed by atoms with Crippen molar-refractivity contribution < 1.29 is 9.59 Å². The van der Waals surface area contributed by atoms with Crippen molar-refractivity contribution in [1.82, 2.24) is 4.90 Å². The normalized spacial score (nSPS) is 21.0. The van der Waals surface area contributed by atoms with Crippen LogP contribution in [0.5, 0.6) is 0 Å². The first-order chi connectivity index (χ1) is 7.30. The number of carbonyl (C=O) groups excluding carboxylic acids is 2. The molecule has 1 rings (SSSR count). The maximum absolute atomic E-state index is 11.5. The zero-order chi connectivity index (χ0) is 12.3. The average Bonchev–Trinajstić information content (AvgIpc) is 2.19. The number of rotatable bonds is 2. The highest BCUT2D eigenvalue weighted by atomic mass is 35.6. The lowest BCUT2D eigenvalue weighted by molar-refractivity contribution is -0.129. The van der Waals surface area contributed by atoms with E-state index in [9.17, 15) is 9.59 Å². The minimum absolute atomic E-state index is 0.117. The van der Waals surface area contributed by atoms with Gasteiger partial charge in [0, 0.05) is 20.0 Å². The molecule has 0 N–H and O–H groups in total. The first kappa shape index (κ1) is 13.8. The summed E-state index contributed by atoms with van der Waals surface area (Å²) in [6, 6.07) is 0. The van der Waals surface area contributed by atoms with Gasteiger partial charge in [-0.05, 0) is 18.4 Å². The summed E-state index contributed by atoms with van der Waals surface area (Å²) >= 11 is 16.5. The predicted octanol–water partition coefficient (Wildman–Crippen LogP) is 2.35. The van der Waals surface area contributed by atoms with Crippen LogP contribution < -0.4 is 0 Å². The Morgan fingerprint density at radius 1 is 1.56 bits per heavy atom. The highest BCUT2D eigenvalue weighted by Crippen LogP contribution is 2.28. The first-order valence-electron chi connectivity index (χ1n) is 4.84. The molecule has 0 fully saturated rings. The van der Waals surface area contributed by atoms with Crippen LogP contribution in [0.4, 0.5) is 0 Å². The molecule has 0 aliphatic heterocycles. The van der Waals surface area contributed by atoms with Crippen molar-refractivity contribution in [2.24, 2.45) is 5.92 Å². The van der Waals surface area contributed by atoms with Crippen LogP contribution in [-0.2, 0) is 9.59 Å². The highest BCUT2D eigenvalue weighted by molar-refractivity contribution is 6.76. The van der Waals surface area contributed by atoms with Crippen LogP contribution in [0.15, 0.2) is 12.2 Å². The van der Waals surface area contributed by atoms with Gasteiger partial charge in [0.25, 0.3) is 9.70 Å². The molecule has 1 aliphatic carbocycles. The number of hydrogen-bond acceptors (Lipinski definition) is 2. The van der Waals surface area contributed by atoms with Gasteiger partial charge in [0.1, 0.15) is 0 Å². The molecule has 0 spiro atoms. The smallest absolute Gasteiger partial charge is 0.274 e. The van der Waals surface area contributed by atoms with Crippen molar-refractivity contribution in [2.75, 3.05) is 13.6 Å². The third-order valence-corrected chi connectivity index (χ3v) is 2.90. The number of carbonyl (C=O) groups is 2. The van der Waals surface area contributed by atoms with Crippen LogP contribution in [-0.4, -0.2) is 34.0 Å². The third-order valence-electron chi connectivity index (χ3n) is 2.41. The molecule has 0 radical (unpaired) electrons. The van der Waals surface area contributed by atoms with Crippen LogP contribution in [0.3, 0.4) is 0 Å². The van der Waals surface area contributed by atoms with Crippen LogP contribution in [0.25, 0.3) is 0 Å². The Bertz CT molecular complexity index is 323. The molecule has 3 nitrogen and oxygen atoms in total. The van der Waals surface area contributed by atoms with Crippen LogP contribution in [0.1, 0.15) is 12.8 Å². The Labute approximate surface area is 109 Å². The van der Waals surface area contributed by atoms with E-state index >= 15 is 0 Å². The van der Waals surface area contributed by atoms with Gasteiger partial charge in [0.15, 0.2) is 5.78 Å². The molecule has 0 aromatic carbocycles. The van der Waals surface area contributed by atoms with Gasteiger partial charge >= 0.3 is 0 Å². The summed E-state index contributed by atoms with van der Waals surface area (Å²) in [5.41, 5.74) is 0. The molecule has 6 heteroatoms. The molecular formula is C10H12Cl3NO2. The van der Waals surface area contributed by atoms with E-state index in [4.69, 9.17) is 34.8 Å². The van der Waals surface area contributed by atoms with Crippen molar-refractivity contribution in [3.63, 3.8) is 0 Å². The van der Waals surface area contributed by atoms with Gasteiger partial charge in [0.2, 0.25) is 0 Å². The topological polar surface area (TPSA) is 37.4 Å². The van der Waals surface area contributed by atoms with E-state index in [0.717, 1.165) is 6.42 Å². The number of hydrogen-bond donors (Lipinski definition) is 0. The number of amides is 1. The molecule has 0 saturated carbocycles. The SMILES string of the molecule is CN(CC1C=CC(=O)CC1)C(=O)C(Cl)(Cl)Cl. The Morgan fingerprint density at radius 3 is 2.62 bits per heavy atom. The molecule has 0 saturated heterocycles. The quantitative estimate of drug-likeness (QED) is 0.730. The van der Waals surface area contributed by atoms with Gasteiger partial charge in [-0.25, -0.2) is 0 Å². The summed E-state index contributed by atoms with van der Waals surface area (Å²) in [5.74, 6) is -0.284. The summed E-state index contributed by atoms with van der Waals surface area (Å²) in [6.45, 7) is 0.455. The zero-order valence-corrected chi connectivity index (χ0v) is 11.0. The Kier molecular flexibility index (Phi) is 4.65. The van der Waals surface area contributed by atoms with E-state index in [2.05, 4.69) is 0 Å². The fourth-order valence-corrected chi connectivity index (χ4v) is 1.99. The van der Waals surface area contributed by atoms with Gasteiger partial charge < -0.3 is 4.90 Å². The highest BCUT2D eigenvalue weighted by Gasteiger charge is 2.34. The lowest BCUT2D eigenvalue weighted by Crippen LogP contribution is -2.39. The number of alkyl halides is 3. The van der Waals surface area contributed by atoms with Crippen molar-refractivity contribution >= 4 is 46.5 Å². The molecule has 1 aliphatic rings. The molecule has 1 amide bonds. The molecule has 0 bridgehead atoms. The monoisotopic (exact) mass is 283 g/mol. The summed E-state index contributed by atoms with van der Waals surface area (Å²) < 4.78 is -1.91. The Hall–Kier alpha value is -0.250. The largest absolute Gasteiger partial charge is 0.341 e. The predicted molar refractivity (Wildman–Crippen MR) is 64.8 cm³/mol. The average molecular weight is 285 g/mol. The van der Waals surface area contributed by atoms with Gasteiger partial charge in [-0.3, -0.25) is 9.59 Å². The fraction of sp³-hybridized carbons (Fsp3) is 0.600. The van der Waals surface area contributed by atoms with E-state index in [-0.39, 0.29) is 11.7 Å². The molecule has 16 heavy (non-hydrogen) atoms. The van der Waals surface area contributed by atoms with E-state index in [1.807, 2.05) is 0 Å². The second kappa shape index (κ2) is 5.39. The van der Waals surface area contributed by atoms with Crippen molar-refractivity contribution in [2.45, 2.75) is 16.6 Å².